The van der Waals surface area contributed by atoms with E-state index in [2.05, 4.69) is 11.1 Å². The molecule has 0 amide bonds. The number of hydrogen-bond donors (Lipinski definition) is 0. The molecule has 0 fully saturated rings. The van der Waals surface area contributed by atoms with Gasteiger partial charge in [-0.05, 0) is 19.9 Å². The number of hydrogen-bond acceptors (Lipinski definition) is 2. The van der Waals surface area contributed by atoms with Crippen LogP contribution in [0.5, 0.6) is 0 Å². The molecular formula is C9H12NO. The third-order valence-electron chi connectivity index (χ3n) is 1.81. The van der Waals surface area contributed by atoms with Crippen LogP contribution in [0.15, 0.2) is 18.5 Å². The molecule has 0 aliphatic carbocycles. The zero-order valence-corrected chi connectivity index (χ0v) is 7.09. The fourth-order valence-corrected chi connectivity index (χ4v) is 0.772. The molecule has 1 aromatic rings. The van der Waals surface area contributed by atoms with E-state index in [-0.39, 0.29) is 5.60 Å². The fraction of sp³-hybridized carbons (Fsp3) is 0.444. The van der Waals surface area contributed by atoms with Crippen LogP contribution in [0, 0.1) is 6.07 Å². The molecule has 0 spiro atoms. The largest absolute Gasteiger partial charge is 0.374 e. The average Bonchev–Trinajstić information content (AvgIpc) is 2.06. The van der Waals surface area contributed by atoms with Gasteiger partial charge in [0.1, 0.15) is 0 Å². The molecule has 0 bridgehead atoms. The first-order valence-corrected chi connectivity index (χ1v) is 3.53. The molecule has 0 saturated heterocycles. The van der Waals surface area contributed by atoms with Gasteiger partial charge in [0.25, 0.3) is 0 Å². The van der Waals surface area contributed by atoms with Gasteiger partial charge in [0.2, 0.25) is 0 Å². The predicted molar refractivity (Wildman–Crippen MR) is 43.1 cm³/mol. The summed E-state index contributed by atoms with van der Waals surface area (Å²) in [7, 11) is 1.69. The molecule has 0 aliphatic rings. The van der Waals surface area contributed by atoms with Crippen LogP contribution in [0.3, 0.4) is 0 Å². The first-order chi connectivity index (χ1) is 5.17. The van der Waals surface area contributed by atoms with Crippen LogP contribution >= 0.6 is 0 Å². The Balaban J connectivity index is 2.93. The summed E-state index contributed by atoms with van der Waals surface area (Å²) in [6.45, 7) is 4.00. The van der Waals surface area contributed by atoms with Gasteiger partial charge in [0.05, 0.1) is 5.60 Å². The molecule has 11 heavy (non-hydrogen) atoms. The molecule has 59 valence electrons. The number of methoxy groups -OCH3 is 1. The Morgan fingerprint density at radius 3 is 2.73 bits per heavy atom. The summed E-state index contributed by atoms with van der Waals surface area (Å²) >= 11 is 0. The third-order valence-corrected chi connectivity index (χ3v) is 1.81. The summed E-state index contributed by atoms with van der Waals surface area (Å²) in [6.07, 6.45) is 3.43. The lowest BCUT2D eigenvalue weighted by atomic mass is 10.0. The Bertz CT molecular complexity index is 218. The van der Waals surface area contributed by atoms with Crippen molar-refractivity contribution in [1.29, 1.82) is 0 Å². The van der Waals surface area contributed by atoms with Crippen LogP contribution in [-0.2, 0) is 10.3 Å². The molecular weight excluding hydrogens is 138 g/mol. The Kier molecular flexibility index (Phi) is 2.25. The highest BCUT2D eigenvalue weighted by Crippen LogP contribution is 2.21. The van der Waals surface area contributed by atoms with Crippen molar-refractivity contribution in [2.24, 2.45) is 0 Å². The van der Waals surface area contributed by atoms with Crippen LogP contribution < -0.4 is 0 Å². The monoisotopic (exact) mass is 150 g/mol. The van der Waals surface area contributed by atoms with E-state index in [4.69, 9.17) is 4.74 Å². The van der Waals surface area contributed by atoms with E-state index in [1.54, 1.807) is 19.5 Å². The third kappa shape index (κ3) is 1.77. The highest BCUT2D eigenvalue weighted by molar-refractivity contribution is 5.15. The molecule has 0 aliphatic heterocycles. The van der Waals surface area contributed by atoms with Crippen LogP contribution in [0.2, 0.25) is 0 Å². The van der Waals surface area contributed by atoms with Crippen molar-refractivity contribution in [3.05, 3.63) is 30.1 Å². The molecule has 0 atom stereocenters. The maximum absolute atomic E-state index is 5.26. The summed E-state index contributed by atoms with van der Waals surface area (Å²) < 4.78 is 5.26. The molecule has 2 heteroatoms. The Labute approximate surface area is 67.2 Å². The van der Waals surface area contributed by atoms with Gasteiger partial charge in [0.15, 0.2) is 0 Å². The molecule has 2 nitrogen and oxygen atoms in total. The average molecular weight is 150 g/mol. The maximum Gasteiger partial charge on any atom is 0.0886 e. The summed E-state index contributed by atoms with van der Waals surface area (Å²) in [6, 6.07) is 4.80. The summed E-state index contributed by atoms with van der Waals surface area (Å²) in [4.78, 5) is 3.96. The second kappa shape index (κ2) is 3.01. The van der Waals surface area contributed by atoms with Crippen LogP contribution in [0.1, 0.15) is 19.4 Å². The lowest BCUT2D eigenvalue weighted by Crippen LogP contribution is -2.19. The smallest absolute Gasteiger partial charge is 0.0886 e. The molecule has 0 unspecified atom stereocenters. The normalized spacial score (nSPS) is 11.5. The SMILES string of the molecule is COC(C)(C)c1c[c]cnc1. The number of nitrogens with zero attached hydrogens (tertiary/aromatic N) is 1. The molecule has 1 radical (unpaired) electrons. The van der Waals surface area contributed by atoms with Gasteiger partial charge in [-0.15, -0.1) is 0 Å². The Morgan fingerprint density at radius 2 is 2.27 bits per heavy atom. The molecule has 0 saturated carbocycles. The lowest BCUT2D eigenvalue weighted by Gasteiger charge is -2.22. The molecule has 1 heterocycles. The first-order valence-electron chi connectivity index (χ1n) is 3.53. The quantitative estimate of drug-likeness (QED) is 0.641. The number of rotatable bonds is 2. The van der Waals surface area contributed by atoms with E-state index in [0.717, 1.165) is 5.56 Å². The van der Waals surface area contributed by atoms with Crippen LogP contribution in [-0.4, -0.2) is 12.1 Å². The van der Waals surface area contributed by atoms with Crippen molar-refractivity contribution in [2.45, 2.75) is 19.4 Å². The van der Waals surface area contributed by atoms with Crippen LogP contribution in [0.4, 0.5) is 0 Å². The lowest BCUT2D eigenvalue weighted by molar-refractivity contribution is 0.0189. The van der Waals surface area contributed by atoms with Gasteiger partial charge >= 0.3 is 0 Å². The van der Waals surface area contributed by atoms with E-state index < -0.39 is 0 Å². The van der Waals surface area contributed by atoms with Crippen molar-refractivity contribution in [3.8, 4) is 0 Å². The minimum Gasteiger partial charge on any atom is -0.374 e. The van der Waals surface area contributed by atoms with E-state index in [9.17, 15) is 0 Å². The molecule has 0 N–H and O–H groups in total. The first kappa shape index (κ1) is 8.21. The maximum atomic E-state index is 5.26. The van der Waals surface area contributed by atoms with Gasteiger partial charge in [-0.2, -0.15) is 0 Å². The van der Waals surface area contributed by atoms with Crippen molar-refractivity contribution in [3.63, 3.8) is 0 Å². The molecule has 1 rings (SSSR count). The van der Waals surface area contributed by atoms with Gasteiger partial charge in [-0.25, -0.2) is 0 Å². The molecule has 1 aromatic heterocycles. The van der Waals surface area contributed by atoms with Crippen molar-refractivity contribution in [2.75, 3.05) is 7.11 Å². The predicted octanol–water partition coefficient (Wildman–Crippen LogP) is 1.76. The van der Waals surface area contributed by atoms with Gasteiger partial charge in [0, 0.05) is 31.1 Å². The zero-order chi connectivity index (χ0) is 8.32. The van der Waals surface area contributed by atoms with Crippen LogP contribution in [0.25, 0.3) is 0 Å². The zero-order valence-electron chi connectivity index (χ0n) is 7.09. The summed E-state index contributed by atoms with van der Waals surface area (Å²) in [5.41, 5.74) is 0.785. The van der Waals surface area contributed by atoms with Gasteiger partial charge in [-0.1, -0.05) is 0 Å². The highest BCUT2D eigenvalue weighted by Gasteiger charge is 2.18. The topological polar surface area (TPSA) is 22.1 Å². The van der Waals surface area contributed by atoms with E-state index >= 15 is 0 Å². The van der Waals surface area contributed by atoms with Gasteiger partial charge in [-0.3, -0.25) is 4.98 Å². The van der Waals surface area contributed by atoms with Gasteiger partial charge < -0.3 is 4.74 Å². The Hall–Kier alpha value is -0.890. The van der Waals surface area contributed by atoms with E-state index in [1.165, 1.54) is 0 Å². The van der Waals surface area contributed by atoms with Crippen molar-refractivity contribution >= 4 is 0 Å². The Morgan fingerprint density at radius 1 is 1.55 bits per heavy atom. The fourth-order valence-electron chi connectivity index (χ4n) is 0.772. The summed E-state index contributed by atoms with van der Waals surface area (Å²) in [5, 5.41) is 0. The van der Waals surface area contributed by atoms with Crippen molar-refractivity contribution < 1.29 is 4.74 Å². The number of ether oxygens (including phenoxy) is 1. The second-order valence-corrected chi connectivity index (χ2v) is 2.89. The highest BCUT2D eigenvalue weighted by atomic mass is 16.5. The van der Waals surface area contributed by atoms with E-state index in [1.807, 2.05) is 19.9 Å². The van der Waals surface area contributed by atoms with E-state index in [0.29, 0.717) is 0 Å². The number of pyridine rings is 1. The summed E-state index contributed by atoms with van der Waals surface area (Å²) in [5.74, 6) is 0. The molecule has 0 aromatic carbocycles. The standard InChI is InChI=1S/C9H12NO/c1-9(2,11-3)8-5-4-6-10-7-8/h5-7H,1-3H3. The minimum atomic E-state index is -0.259. The minimum absolute atomic E-state index is 0.259. The van der Waals surface area contributed by atoms with Crippen molar-refractivity contribution in [1.82, 2.24) is 4.98 Å². The number of aromatic nitrogens is 1. The second-order valence-electron chi connectivity index (χ2n) is 2.89.